The number of amides is 3. The number of fused-ring (bicyclic) bond motifs is 1. The fourth-order valence-corrected chi connectivity index (χ4v) is 5.89. The van der Waals surface area contributed by atoms with Gasteiger partial charge in [-0.1, -0.05) is 0 Å². The van der Waals surface area contributed by atoms with E-state index in [0.29, 0.717) is 33.9 Å². The largest absolute Gasteiger partial charge is 0.368 e. The van der Waals surface area contributed by atoms with Gasteiger partial charge in [-0.2, -0.15) is 5.10 Å². The monoisotopic (exact) mass is 441 g/mol. The molecule has 0 saturated carbocycles. The van der Waals surface area contributed by atoms with E-state index in [1.807, 2.05) is 6.07 Å². The van der Waals surface area contributed by atoms with Crippen LogP contribution in [0.15, 0.2) is 12.1 Å². The van der Waals surface area contributed by atoms with Gasteiger partial charge < -0.3 is 10.2 Å². The van der Waals surface area contributed by atoms with Gasteiger partial charge in [-0.05, 0) is 38.1 Å². The number of urea groups is 1. The molecule has 4 aliphatic heterocycles. The molecule has 170 valence electrons. The quantitative estimate of drug-likeness (QED) is 0.740. The van der Waals surface area contributed by atoms with Gasteiger partial charge in [0.1, 0.15) is 5.52 Å². The van der Waals surface area contributed by atoms with Crippen LogP contribution in [-0.2, 0) is 11.8 Å². The van der Waals surface area contributed by atoms with Crippen LogP contribution >= 0.6 is 0 Å². The molecule has 5 heterocycles. The van der Waals surface area contributed by atoms with Crippen LogP contribution < -0.4 is 20.4 Å². The first-order valence-corrected chi connectivity index (χ1v) is 11.4. The Morgan fingerprint density at radius 3 is 2.59 bits per heavy atom. The lowest BCUT2D eigenvalue weighted by Crippen LogP contribution is -2.74. The van der Waals surface area contributed by atoms with Crippen molar-refractivity contribution in [2.45, 2.75) is 25.3 Å². The molecule has 2 aromatic rings. The summed E-state index contributed by atoms with van der Waals surface area (Å²) in [4.78, 5) is 29.9. The van der Waals surface area contributed by atoms with Crippen molar-refractivity contribution in [2.75, 3.05) is 55.6 Å². The number of carbonyl (C=O) groups excluding carboxylic acids is 2. The number of piperidine rings is 1. The number of aryl methyl sites for hydroxylation is 1. The number of hydrogen-bond donors (Lipinski definition) is 2. The molecular formula is C22H28FN7O2. The van der Waals surface area contributed by atoms with Crippen molar-refractivity contribution in [1.82, 2.24) is 25.3 Å². The molecule has 1 spiro atoms. The summed E-state index contributed by atoms with van der Waals surface area (Å²) in [5.74, 6) is -0.224. The summed E-state index contributed by atoms with van der Waals surface area (Å²) in [5.41, 5.74) is 1.27. The maximum absolute atomic E-state index is 15.6. The van der Waals surface area contributed by atoms with E-state index in [1.54, 1.807) is 13.1 Å². The number of likely N-dealkylation sites (tertiary alicyclic amines) is 1. The summed E-state index contributed by atoms with van der Waals surface area (Å²) in [5, 5.41) is 10.7. The molecule has 0 bridgehead atoms. The van der Waals surface area contributed by atoms with Crippen molar-refractivity contribution in [2.24, 2.45) is 12.5 Å². The van der Waals surface area contributed by atoms with Crippen LogP contribution in [0.3, 0.4) is 0 Å². The van der Waals surface area contributed by atoms with Gasteiger partial charge in [-0.25, -0.2) is 9.18 Å². The third-order valence-corrected chi connectivity index (χ3v) is 7.51. The Morgan fingerprint density at radius 1 is 1.12 bits per heavy atom. The molecule has 0 radical (unpaired) electrons. The number of nitrogens with one attached hydrogen (secondary N) is 2. The Morgan fingerprint density at radius 2 is 1.88 bits per heavy atom. The smallest absolute Gasteiger partial charge is 0.329 e. The standard InChI is InChI=1S/C22H28FN7O2/c1-27-19-15(20(26-27)30-9-6-17(31)25-21(30)32)2-3-16(18(19)23)29-12-22(13-29)10-28(11-22)14-4-7-24-8-5-14/h2-3,14,24H,4-13H2,1H3,(H,25,31,32). The summed E-state index contributed by atoms with van der Waals surface area (Å²) in [6.07, 6.45) is 2.64. The van der Waals surface area contributed by atoms with E-state index in [2.05, 4.69) is 25.5 Å². The number of rotatable bonds is 3. The van der Waals surface area contributed by atoms with Crippen LogP contribution in [-0.4, -0.2) is 78.5 Å². The highest BCUT2D eigenvalue weighted by Gasteiger charge is 2.53. The number of halogens is 1. The van der Waals surface area contributed by atoms with Crippen molar-refractivity contribution in [3.63, 3.8) is 0 Å². The van der Waals surface area contributed by atoms with E-state index < -0.39 is 6.03 Å². The van der Waals surface area contributed by atoms with Crippen molar-refractivity contribution in [3.05, 3.63) is 17.9 Å². The summed E-state index contributed by atoms with van der Waals surface area (Å²) < 4.78 is 17.1. The van der Waals surface area contributed by atoms with Gasteiger partial charge in [0.05, 0.1) is 5.69 Å². The molecule has 1 aromatic heterocycles. The molecule has 1 aromatic carbocycles. The zero-order valence-corrected chi connectivity index (χ0v) is 18.2. The SMILES string of the molecule is Cn1nc(N2CCC(=O)NC2=O)c2ccc(N3CC4(C3)CN(C3CCNCC3)C4)c(F)c21. The van der Waals surface area contributed by atoms with Gasteiger partial charge in [0.15, 0.2) is 11.6 Å². The fraction of sp³-hybridized carbons (Fsp3) is 0.591. The van der Waals surface area contributed by atoms with Crippen molar-refractivity contribution in [1.29, 1.82) is 0 Å². The van der Waals surface area contributed by atoms with Gasteiger partial charge in [0.25, 0.3) is 0 Å². The first kappa shape index (κ1) is 19.9. The van der Waals surface area contributed by atoms with Crippen LogP contribution in [0, 0.1) is 11.2 Å². The Balaban J connectivity index is 1.19. The van der Waals surface area contributed by atoms with Crippen molar-refractivity contribution < 1.29 is 14.0 Å². The Kier molecular flexibility index (Phi) is 4.45. The first-order chi connectivity index (χ1) is 15.4. The minimum absolute atomic E-state index is 0.203. The molecule has 0 unspecified atom stereocenters. The maximum atomic E-state index is 15.6. The number of nitrogens with zero attached hydrogens (tertiary/aromatic N) is 5. The minimum Gasteiger partial charge on any atom is -0.368 e. The topological polar surface area (TPSA) is 85.7 Å². The highest BCUT2D eigenvalue weighted by Crippen LogP contribution is 2.45. The van der Waals surface area contributed by atoms with Crippen LogP contribution in [0.25, 0.3) is 10.9 Å². The first-order valence-electron chi connectivity index (χ1n) is 11.4. The molecule has 0 atom stereocenters. The average molecular weight is 442 g/mol. The number of benzene rings is 1. The molecule has 4 fully saturated rings. The average Bonchev–Trinajstić information content (AvgIpc) is 3.05. The van der Waals surface area contributed by atoms with Crippen LogP contribution in [0.2, 0.25) is 0 Å². The number of hydrogen-bond acceptors (Lipinski definition) is 6. The Hall–Kier alpha value is -2.72. The normalized spacial score (nSPS) is 24.1. The lowest BCUT2D eigenvalue weighted by Gasteiger charge is -2.63. The predicted octanol–water partition coefficient (Wildman–Crippen LogP) is 1.03. The summed E-state index contributed by atoms with van der Waals surface area (Å²) >= 11 is 0. The zero-order valence-electron chi connectivity index (χ0n) is 18.2. The van der Waals surface area contributed by atoms with E-state index in [-0.39, 0.29) is 24.7 Å². The van der Waals surface area contributed by atoms with Gasteiger partial charge in [-0.3, -0.25) is 24.6 Å². The van der Waals surface area contributed by atoms with Crippen molar-refractivity contribution >= 4 is 34.3 Å². The second-order valence-corrected chi connectivity index (χ2v) is 9.74. The van der Waals surface area contributed by atoms with E-state index >= 15 is 4.39 Å². The maximum Gasteiger partial charge on any atom is 0.329 e. The van der Waals surface area contributed by atoms with E-state index in [4.69, 9.17) is 0 Å². The molecule has 9 nitrogen and oxygen atoms in total. The van der Waals surface area contributed by atoms with Gasteiger partial charge in [-0.15, -0.1) is 0 Å². The summed E-state index contributed by atoms with van der Waals surface area (Å²) in [7, 11) is 1.69. The van der Waals surface area contributed by atoms with E-state index in [0.717, 1.165) is 39.3 Å². The van der Waals surface area contributed by atoms with Crippen LogP contribution in [0.4, 0.5) is 20.7 Å². The second-order valence-electron chi connectivity index (χ2n) is 9.74. The summed E-state index contributed by atoms with van der Waals surface area (Å²) in [6, 6.07) is 3.82. The third-order valence-electron chi connectivity index (χ3n) is 7.51. The van der Waals surface area contributed by atoms with Gasteiger partial charge in [0.2, 0.25) is 5.91 Å². The molecule has 10 heteroatoms. The Labute approximate surface area is 185 Å². The van der Waals surface area contributed by atoms with E-state index in [9.17, 15) is 9.59 Å². The molecule has 4 aliphatic rings. The third kappa shape index (κ3) is 3.00. The molecule has 4 saturated heterocycles. The van der Waals surface area contributed by atoms with Crippen LogP contribution in [0.5, 0.6) is 0 Å². The molecule has 3 amide bonds. The number of imide groups is 1. The highest BCUT2D eigenvalue weighted by molar-refractivity contribution is 6.09. The Bertz CT molecular complexity index is 1100. The lowest BCUT2D eigenvalue weighted by atomic mass is 9.71. The molecule has 2 N–H and O–H groups in total. The van der Waals surface area contributed by atoms with Gasteiger partial charge >= 0.3 is 6.03 Å². The van der Waals surface area contributed by atoms with Gasteiger partial charge in [0, 0.05) is 63.0 Å². The van der Waals surface area contributed by atoms with Crippen LogP contribution in [0.1, 0.15) is 19.3 Å². The lowest BCUT2D eigenvalue weighted by molar-refractivity contribution is -0.120. The number of aromatic nitrogens is 2. The molecule has 6 rings (SSSR count). The zero-order chi connectivity index (χ0) is 22.0. The predicted molar refractivity (Wildman–Crippen MR) is 118 cm³/mol. The number of carbonyl (C=O) groups is 2. The van der Waals surface area contributed by atoms with Crippen molar-refractivity contribution in [3.8, 4) is 0 Å². The van der Waals surface area contributed by atoms with E-state index in [1.165, 1.54) is 22.4 Å². The minimum atomic E-state index is -0.515. The fourth-order valence-electron chi connectivity index (χ4n) is 5.89. The number of anilines is 2. The molecular weight excluding hydrogens is 413 g/mol. The second kappa shape index (κ2) is 7.14. The highest BCUT2D eigenvalue weighted by atomic mass is 19.1. The molecule has 32 heavy (non-hydrogen) atoms. The molecule has 0 aliphatic carbocycles. The summed E-state index contributed by atoms with van der Waals surface area (Å²) in [6.45, 7) is 6.41.